The highest BCUT2D eigenvalue weighted by molar-refractivity contribution is 5.85. The monoisotopic (exact) mass is 292 g/mol. The third-order valence-electron chi connectivity index (χ3n) is 2.89. The van der Waals surface area contributed by atoms with Gasteiger partial charge in [-0.3, -0.25) is 0 Å². The second-order valence-corrected chi connectivity index (χ2v) is 4.14. The van der Waals surface area contributed by atoms with Gasteiger partial charge in [0.25, 0.3) is 0 Å². The topological polar surface area (TPSA) is 33.3 Å². The molecule has 0 spiro atoms. The van der Waals surface area contributed by atoms with Crippen molar-refractivity contribution in [1.82, 2.24) is 10.6 Å². The zero-order valence-electron chi connectivity index (χ0n) is 10.4. The van der Waals surface area contributed by atoms with Crippen molar-refractivity contribution in [1.29, 1.82) is 0 Å². The van der Waals surface area contributed by atoms with Gasteiger partial charge in [0.1, 0.15) is 12.4 Å². The number of hydrogen-bond donors (Lipinski definition) is 2. The Morgan fingerprint density at radius 2 is 1.78 bits per heavy atom. The lowest BCUT2D eigenvalue weighted by molar-refractivity contribution is 0.292. The van der Waals surface area contributed by atoms with Crippen molar-refractivity contribution in [2.75, 3.05) is 26.2 Å². The minimum absolute atomic E-state index is 0. The maximum atomic E-state index is 5.62. The number of para-hydroxylation sites is 1. The van der Waals surface area contributed by atoms with Gasteiger partial charge in [-0.1, -0.05) is 18.2 Å². The van der Waals surface area contributed by atoms with Crippen LogP contribution in [-0.2, 0) is 0 Å². The summed E-state index contributed by atoms with van der Waals surface area (Å²) in [5.74, 6) is 0.953. The fourth-order valence-electron chi connectivity index (χ4n) is 1.97. The molecule has 0 atom stereocenters. The molecule has 1 fully saturated rings. The average molecular weight is 293 g/mol. The number of ether oxygens (including phenoxy) is 1. The van der Waals surface area contributed by atoms with Crippen LogP contribution in [-0.4, -0.2) is 32.3 Å². The summed E-state index contributed by atoms with van der Waals surface area (Å²) in [6, 6.07) is 10.6. The molecule has 0 unspecified atom stereocenters. The zero-order chi connectivity index (χ0) is 11.1. The molecule has 2 rings (SSSR count). The van der Waals surface area contributed by atoms with Crippen molar-refractivity contribution < 1.29 is 4.74 Å². The molecule has 1 saturated heterocycles. The highest BCUT2D eigenvalue weighted by atomic mass is 35.5. The van der Waals surface area contributed by atoms with Crippen molar-refractivity contribution in [3.63, 3.8) is 0 Å². The van der Waals surface area contributed by atoms with E-state index in [2.05, 4.69) is 10.6 Å². The zero-order valence-corrected chi connectivity index (χ0v) is 12.1. The molecule has 1 aromatic rings. The van der Waals surface area contributed by atoms with E-state index in [1.807, 2.05) is 30.3 Å². The van der Waals surface area contributed by atoms with E-state index in [9.17, 15) is 0 Å². The Morgan fingerprint density at radius 3 is 2.44 bits per heavy atom. The van der Waals surface area contributed by atoms with Gasteiger partial charge in [0, 0.05) is 12.6 Å². The molecular weight excluding hydrogens is 271 g/mol. The molecule has 0 radical (unpaired) electrons. The molecule has 18 heavy (non-hydrogen) atoms. The fourth-order valence-corrected chi connectivity index (χ4v) is 1.97. The first-order valence-corrected chi connectivity index (χ1v) is 6.07. The molecule has 1 aliphatic heterocycles. The molecule has 0 bridgehead atoms. The van der Waals surface area contributed by atoms with Gasteiger partial charge in [-0.25, -0.2) is 0 Å². The van der Waals surface area contributed by atoms with Crippen LogP contribution in [0, 0.1) is 0 Å². The predicted molar refractivity (Wildman–Crippen MR) is 80.3 cm³/mol. The molecule has 0 amide bonds. The number of rotatable bonds is 5. The van der Waals surface area contributed by atoms with Crippen LogP contribution in [0.2, 0.25) is 0 Å². The summed E-state index contributed by atoms with van der Waals surface area (Å²) in [5.41, 5.74) is 0. The summed E-state index contributed by atoms with van der Waals surface area (Å²) in [6.45, 7) is 3.95. The summed E-state index contributed by atoms with van der Waals surface area (Å²) in [6.07, 6.45) is 2.46. The van der Waals surface area contributed by atoms with Gasteiger partial charge in [0.2, 0.25) is 0 Å². The quantitative estimate of drug-likeness (QED) is 0.817. The van der Waals surface area contributed by atoms with Crippen molar-refractivity contribution >= 4 is 24.8 Å². The number of halogens is 2. The average Bonchev–Trinajstić information content (AvgIpc) is 2.37. The van der Waals surface area contributed by atoms with E-state index in [4.69, 9.17) is 4.74 Å². The van der Waals surface area contributed by atoms with Crippen LogP contribution < -0.4 is 15.4 Å². The minimum Gasteiger partial charge on any atom is -0.492 e. The highest BCUT2D eigenvalue weighted by Gasteiger charge is 2.11. The molecule has 0 aliphatic carbocycles. The standard InChI is InChI=1S/C13H20N2O.2ClH/c1-2-4-13(5-3-1)16-11-10-15-12-6-8-14-9-7-12;;/h1-5,12,14-15H,6-11H2;2*1H. The molecule has 0 saturated carbocycles. The molecule has 2 N–H and O–H groups in total. The lowest BCUT2D eigenvalue weighted by Gasteiger charge is -2.23. The van der Waals surface area contributed by atoms with Crippen LogP contribution in [0.4, 0.5) is 0 Å². The van der Waals surface area contributed by atoms with Crippen molar-refractivity contribution in [2.24, 2.45) is 0 Å². The summed E-state index contributed by atoms with van der Waals surface area (Å²) in [5, 5.41) is 6.89. The Hall–Kier alpha value is -0.480. The molecule has 5 heteroatoms. The second kappa shape index (κ2) is 10.4. The van der Waals surface area contributed by atoms with Gasteiger partial charge in [-0.2, -0.15) is 0 Å². The summed E-state index contributed by atoms with van der Waals surface area (Å²) >= 11 is 0. The molecule has 1 aromatic carbocycles. The van der Waals surface area contributed by atoms with Gasteiger partial charge < -0.3 is 15.4 Å². The lowest BCUT2D eigenvalue weighted by atomic mass is 10.1. The van der Waals surface area contributed by atoms with E-state index < -0.39 is 0 Å². The Morgan fingerprint density at radius 1 is 1.11 bits per heavy atom. The van der Waals surface area contributed by atoms with E-state index in [1.165, 1.54) is 12.8 Å². The van der Waals surface area contributed by atoms with Crippen LogP contribution in [0.1, 0.15) is 12.8 Å². The smallest absolute Gasteiger partial charge is 0.119 e. The third-order valence-corrected chi connectivity index (χ3v) is 2.89. The Kier molecular flexibility index (Phi) is 10.2. The van der Waals surface area contributed by atoms with E-state index in [-0.39, 0.29) is 24.8 Å². The van der Waals surface area contributed by atoms with Gasteiger partial charge in [-0.15, -0.1) is 24.8 Å². The van der Waals surface area contributed by atoms with Crippen LogP contribution >= 0.6 is 24.8 Å². The van der Waals surface area contributed by atoms with Crippen molar-refractivity contribution in [3.8, 4) is 5.75 Å². The number of benzene rings is 1. The third kappa shape index (κ3) is 6.45. The number of nitrogens with one attached hydrogen (secondary N) is 2. The van der Waals surface area contributed by atoms with Crippen LogP contribution in [0.3, 0.4) is 0 Å². The Bertz CT molecular complexity index is 292. The van der Waals surface area contributed by atoms with Gasteiger partial charge in [0.15, 0.2) is 0 Å². The van der Waals surface area contributed by atoms with E-state index >= 15 is 0 Å². The molecule has 104 valence electrons. The van der Waals surface area contributed by atoms with Gasteiger partial charge in [0.05, 0.1) is 0 Å². The maximum Gasteiger partial charge on any atom is 0.119 e. The van der Waals surface area contributed by atoms with Crippen LogP contribution in [0.5, 0.6) is 5.75 Å². The summed E-state index contributed by atoms with van der Waals surface area (Å²) in [7, 11) is 0. The largest absolute Gasteiger partial charge is 0.492 e. The number of hydrogen-bond acceptors (Lipinski definition) is 3. The van der Waals surface area contributed by atoms with E-state index in [0.717, 1.165) is 32.0 Å². The van der Waals surface area contributed by atoms with Crippen LogP contribution in [0.15, 0.2) is 30.3 Å². The second-order valence-electron chi connectivity index (χ2n) is 4.14. The maximum absolute atomic E-state index is 5.62. The number of piperidine rings is 1. The summed E-state index contributed by atoms with van der Waals surface area (Å²) < 4.78 is 5.62. The Labute approximate surface area is 121 Å². The Balaban J connectivity index is 0.00000144. The predicted octanol–water partition coefficient (Wildman–Crippen LogP) is 2.25. The molecule has 0 aromatic heterocycles. The molecule has 1 aliphatic rings. The lowest BCUT2D eigenvalue weighted by Crippen LogP contribution is -2.41. The van der Waals surface area contributed by atoms with Crippen molar-refractivity contribution in [3.05, 3.63) is 30.3 Å². The molecule has 3 nitrogen and oxygen atoms in total. The first kappa shape index (κ1) is 17.5. The normalized spacial score (nSPS) is 15.3. The molecular formula is C13H22Cl2N2O. The summed E-state index contributed by atoms with van der Waals surface area (Å²) in [4.78, 5) is 0. The fraction of sp³-hybridized carbons (Fsp3) is 0.538. The van der Waals surface area contributed by atoms with E-state index in [0.29, 0.717) is 6.04 Å². The van der Waals surface area contributed by atoms with E-state index in [1.54, 1.807) is 0 Å². The SMILES string of the molecule is Cl.Cl.c1ccc(OCCNC2CCNCC2)cc1. The molecule has 1 heterocycles. The van der Waals surface area contributed by atoms with Gasteiger partial charge in [-0.05, 0) is 38.1 Å². The minimum atomic E-state index is 0. The van der Waals surface area contributed by atoms with Gasteiger partial charge >= 0.3 is 0 Å². The van der Waals surface area contributed by atoms with Crippen LogP contribution in [0.25, 0.3) is 0 Å². The highest BCUT2D eigenvalue weighted by Crippen LogP contribution is 2.07. The van der Waals surface area contributed by atoms with Crippen molar-refractivity contribution in [2.45, 2.75) is 18.9 Å². The first-order chi connectivity index (χ1) is 7.95. The first-order valence-electron chi connectivity index (χ1n) is 6.07.